The van der Waals surface area contributed by atoms with Crippen LogP contribution in [-0.4, -0.2) is 5.33 Å². The summed E-state index contributed by atoms with van der Waals surface area (Å²) < 4.78 is 0. The summed E-state index contributed by atoms with van der Waals surface area (Å²) in [4.78, 5) is 0. The van der Waals surface area contributed by atoms with Gasteiger partial charge in [0.05, 0.1) is 0 Å². The molecular weight excluding hydrogens is 320 g/mol. The van der Waals surface area contributed by atoms with Crippen molar-refractivity contribution in [1.82, 2.24) is 0 Å². The molecule has 2 rings (SSSR count). The molecule has 0 bridgehead atoms. The molecule has 0 aliphatic heterocycles. The van der Waals surface area contributed by atoms with Gasteiger partial charge in [0.15, 0.2) is 0 Å². The molecular formula is C17H18BrCl. The fraction of sp³-hybridized carbons (Fsp3) is 0.294. The van der Waals surface area contributed by atoms with Crippen molar-refractivity contribution in [3.8, 4) is 0 Å². The molecule has 0 heterocycles. The maximum atomic E-state index is 6.09. The molecule has 0 fully saturated rings. The summed E-state index contributed by atoms with van der Waals surface area (Å²) in [6.45, 7) is 4.32. The highest BCUT2D eigenvalue weighted by Crippen LogP contribution is 2.27. The monoisotopic (exact) mass is 336 g/mol. The second-order valence-corrected chi connectivity index (χ2v) is 6.12. The Morgan fingerprint density at radius 3 is 2.58 bits per heavy atom. The van der Waals surface area contributed by atoms with Crippen LogP contribution in [0.25, 0.3) is 0 Å². The van der Waals surface area contributed by atoms with Crippen LogP contribution in [0.2, 0.25) is 5.02 Å². The summed E-state index contributed by atoms with van der Waals surface area (Å²) in [6.07, 6.45) is 1.04. The summed E-state index contributed by atoms with van der Waals surface area (Å²) in [7, 11) is 0. The van der Waals surface area contributed by atoms with Gasteiger partial charge in [0, 0.05) is 10.4 Å². The molecule has 0 aliphatic rings. The Morgan fingerprint density at radius 2 is 1.89 bits per heavy atom. The van der Waals surface area contributed by atoms with Crippen LogP contribution < -0.4 is 0 Å². The van der Waals surface area contributed by atoms with E-state index in [1.54, 1.807) is 0 Å². The summed E-state index contributed by atoms with van der Waals surface area (Å²) in [5, 5.41) is 1.75. The largest absolute Gasteiger partial charge is 0.0921 e. The maximum absolute atomic E-state index is 6.09. The third kappa shape index (κ3) is 3.84. The number of halogens is 2. The molecule has 1 atom stereocenters. The van der Waals surface area contributed by atoms with Gasteiger partial charge in [-0.3, -0.25) is 0 Å². The van der Waals surface area contributed by atoms with Gasteiger partial charge in [-0.1, -0.05) is 63.4 Å². The van der Waals surface area contributed by atoms with Crippen LogP contribution in [0.5, 0.6) is 0 Å². The molecule has 0 aliphatic carbocycles. The molecule has 0 aromatic heterocycles. The van der Waals surface area contributed by atoms with Crippen LogP contribution in [0, 0.1) is 13.8 Å². The van der Waals surface area contributed by atoms with E-state index < -0.39 is 0 Å². The zero-order valence-electron chi connectivity index (χ0n) is 11.3. The molecule has 0 saturated carbocycles. The second-order valence-electron chi connectivity index (χ2n) is 5.04. The fourth-order valence-corrected chi connectivity index (χ4v) is 3.11. The van der Waals surface area contributed by atoms with Crippen LogP contribution in [0.4, 0.5) is 0 Å². The number of alkyl halides is 1. The van der Waals surface area contributed by atoms with Gasteiger partial charge in [-0.15, -0.1) is 0 Å². The fourth-order valence-electron chi connectivity index (χ4n) is 2.31. The van der Waals surface area contributed by atoms with E-state index in [4.69, 9.17) is 11.6 Å². The first-order valence-corrected chi connectivity index (χ1v) is 7.97. The van der Waals surface area contributed by atoms with E-state index >= 15 is 0 Å². The lowest BCUT2D eigenvalue weighted by Crippen LogP contribution is -2.06. The minimum atomic E-state index is 0.458. The SMILES string of the molecule is Cc1ccc(C)c(CC(CBr)c2cccc(Cl)c2)c1. The molecule has 0 spiro atoms. The molecule has 0 N–H and O–H groups in total. The molecule has 0 nitrogen and oxygen atoms in total. The number of hydrogen-bond donors (Lipinski definition) is 0. The van der Waals surface area contributed by atoms with Crippen molar-refractivity contribution in [2.24, 2.45) is 0 Å². The molecule has 0 amide bonds. The van der Waals surface area contributed by atoms with Crippen molar-refractivity contribution in [2.75, 3.05) is 5.33 Å². The van der Waals surface area contributed by atoms with E-state index in [0.29, 0.717) is 5.92 Å². The topological polar surface area (TPSA) is 0 Å². The molecule has 2 heteroatoms. The van der Waals surface area contributed by atoms with Gasteiger partial charge in [0.2, 0.25) is 0 Å². The van der Waals surface area contributed by atoms with E-state index in [2.05, 4.69) is 60.1 Å². The summed E-state index contributed by atoms with van der Waals surface area (Å²) >= 11 is 9.72. The van der Waals surface area contributed by atoms with Crippen LogP contribution in [0.15, 0.2) is 42.5 Å². The zero-order chi connectivity index (χ0) is 13.8. The lowest BCUT2D eigenvalue weighted by atomic mass is 9.91. The number of aryl methyl sites for hydroxylation is 2. The van der Waals surface area contributed by atoms with Crippen molar-refractivity contribution < 1.29 is 0 Å². The van der Waals surface area contributed by atoms with Gasteiger partial charge in [0.25, 0.3) is 0 Å². The predicted octanol–water partition coefficient (Wildman–Crippen LogP) is 5.68. The maximum Gasteiger partial charge on any atom is 0.0408 e. The van der Waals surface area contributed by atoms with Gasteiger partial charge >= 0.3 is 0 Å². The second kappa shape index (κ2) is 6.58. The Bertz CT molecular complexity index is 563. The van der Waals surface area contributed by atoms with Crippen LogP contribution >= 0.6 is 27.5 Å². The number of rotatable bonds is 4. The van der Waals surface area contributed by atoms with E-state index in [0.717, 1.165) is 16.8 Å². The van der Waals surface area contributed by atoms with E-state index in [1.165, 1.54) is 22.3 Å². The van der Waals surface area contributed by atoms with Gasteiger partial charge in [-0.2, -0.15) is 0 Å². The quantitative estimate of drug-likeness (QED) is 0.630. The minimum Gasteiger partial charge on any atom is -0.0921 e. The molecule has 100 valence electrons. The molecule has 2 aromatic carbocycles. The lowest BCUT2D eigenvalue weighted by Gasteiger charge is -2.17. The summed E-state index contributed by atoms with van der Waals surface area (Å²) in [6, 6.07) is 14.8. The first-order chi connectivity index (χ1) is 9.10. The Morgan fingerprint density at radius 1 is 1.11 bits per heavy atom. The van der Waals surface area contributed by atoms with Crippen molar-refractivity contribution in [1.29, 1.82) is 0 Å². The average Bonchev–Trinajstić information content (AvgIpc) is 2.39. The van der Waals surface area contributed by atoms with Gasteiger partial charge in [-0.05, 0) is 55.0 Å². The van der Waals surface area contributed by atoms with Crippen LogP contribution in [-0.2, 0) is 6.42 Å². The molecule has 1 unspecified atom stereocenters. The van der Waals surface area contributed by atoms with E-state index in [-0.39, 0.29) is 0 Å². The molecule has 19 heavy (non-hydrogen) atoms. The lowest BCUT2D eigenvalue weighted by molar-refractivity contribution is 0.771. The van der Waals surface area contributed by atoms with Crippen LogP contribution in [0.1, 0.15) is 28.2 Å². The van der Waals surface area contributed by atoms with Crippen molar-refractivity contribution in [3.05, 3.63) is 69.7 Å². The summed E-state index contributed by atoms with van der Waals surface area (Å²) in [5.74, 6) is 0.458. The zero-order valence-corrected chi connectivity index (χ0v) is 13.6. The molecule has 0 saturated heterocycles. The summed E-state index contributed by atoms with van der Waals surface area (Å²) in [5.41, 5.74) is 5.40. The minimum absolute atomic E-state index is 0.458. The number of benzene rings is 2. The first-order valence-electron chi connectivity index (χ1n) is 6.47. The highest BCUT2D eigenvalue weighted by molar-refractivity contribution is 9.09. The molecule has 0 radical (unpaired) electrons. The van der Waals surface area contributed by atoms with Crippen LogP contribution in [0.3, 0.4) is 0 Å². The highest BCUT2D eigenvalue weighted by atomic mass is 79.9. The van der Waals surface area contributed by atoms with Crippen molar-refractivity contribution in [2.45, 2.75) is 26.2 Å². The highest BCUT2D eigenvalue weighted by Gasteiger charge is 2.13. The predicted molar refractivity (Wildman–Crippen MR) is 87.6 cm³/mol. The van der Waals surface area contributed by atoms with Crippen molar-refractivity contribution in [3.63, 3.8) is 0 Å². The Hall–Kier alpha value is -0.790. The van der Waals surface area contributed by atoms with Gasteiger partial charge in [-0.25, -0.2) is 0 Å². The Balaban J connectivity index is 2.26. The Kier molecular flexibility index (Phi) is 5.06. The van der Waals surface area contributed by atoms with E-state index in [1.807, 2.05) is 12.1 Å². The average molecular weight is 338 g/mol. The number of hydrogen-bond acceptors (Lipinski definition) is 0. The standard InChI is InChI=1S/C17H18BrCl/c1-12-6-7-13(2)15(8-12)9-16(11-18)14-4-3-5-17(19)10-14/h3-8,10,16H,9,11H2,1-2H3. The van der Waals surface area contributed by atoms with Gasteiger partial charge in [0.1, 0.15) is 0 Å². The third-order valence-electron chi connectivity index (χ3n) is 3.48. The Labute approximate surface area is 128 Å². The molecule has 2 aromatic rings. The smallest absolute Gasteiger partial charge is 0.0408 e. The van der Waals surface area contributed by atoms with Gasteiger partial charge < -0.3 is 0 Å². The first kappa shape index (κ1) is 14.6. The van der Waals surface area contributed by atoms with Crippen molar-refractivity contribution >= 4 is 27.5 Å². The van der Waals surface area contributed by atoms with E-state index in [9.17, 15) is 0 Å². The normalized spacial score (nSPS) is 12.4. The third-order valence-corrected chi connectivity index (χ3v) is 4.49.